The van der Waals surface area contributed by atoms with Crippen LogP contribution in [0.5, 0.6) is 0 Å². The van der Waals surface area contributed by atoms with Gasteiger partial charge >= 0.3 is 0 Å². The van der Waals surface area contributed by atoms with Gasteiger partial charge in [0, 0.05) is 5.92 Å². The maximum Gasteiger partial charge on any atom is 0.239 e. The van der Waals surface area contributed by atoms with Crippen molar-refractivity contribution in [1.82, 2.24) is 16.2 Å². The van der Waals surface area contributed by atoms with Gasteiger partial charge in [0.15, 0.2) is 0 Å². The number of aryl methyl sites for hydroxylation is 1. The minimum Gasteiger partial charge on any atom is -0.347 e. The van der Waals surface area contributed by atoms with Crippen LogP contribution in [0, 0.1) is 18.7 Å². The number of carbonyl (C=O) groups is 1. The standard InChI is InChI=1S/C18H18FN3O/c1-10-2-4-12(5-3-10)16-14-15(11-6-8-13(19)9-7-11)20-18(23)17(14)22-21-16/h2-9,14-17,21-22H,1H3,(H,20,23). The Morgan fingerprint density at radius 3 is 2.09 bits per heavy atom. The molecule has 4 nitrogen and oxygen atoms in total. The Morgan fingerprint density at radius 1 is 0.826 bits per heavy atom. The number of hydrogen-bond donors (Lipinski definition) is 3. The number of carbonyl (C=O) groups excluding carboxylic acids is 1. The maximum atomic E-state index is 13.2. The van der Waals surface area contributed by atoms with E-state index in [9.17, 15) is 9.18 Å². The molecule has 2 fully saturated rings. The van der Waals surface area contributed by atoms with Crippen molar-refractivity contribution in [2.75, 3.05) is 0 Å². The first-order valence-electron chi connectivity index (χ1n) is 7.77. The fraction of sp³-hybridized carbons (Fsp3) is 0.278. The lowest BCUT2D eigenvalue weighted by molar-refractivity contribution is -0.121. The molecule has 2 aromatic carbocycles. The number of hydrogen-bond acceptors (Lipinski definition) is 3. The van der Waals surface area contributed by atoms with E-state index in [0.29, 0.717) is 0 Å². The van der Waals surface area contributed by atoms with Gasteiger partial charge in [-0.3, -0.25) is 4.79 Å². The van der Waals surface area contributed by atoms with Gasteiger partial charge in [-0.1, -0.05) is 42.0 Å². The van der Waals surface area contributed by atoms with E-state index in [1.165, 1.54) is 17.7 Å². The van der Waals surface area contributed by atoms with E-state index >= 15 is 0 Å². The van der Waals surface area contributed by atoms with Crippen molar-refractivity contribution in [2.24, 2.45) is 5.92 Å². The molecule has 0 aromatic heterocycles. The zero-order chi connectivity index (χ0) is 16.0. The first-order chi connectivity index (χ1) is 11.1. The van der Waals surface area contributed by atoms with Crippen LogP contribution < -0.4 is 16.2 Å². The van der Waals surface area contributed by atoms with Crippen molar-refractivity contribution in [3.8, 4) is 0 Å². The Balaban J connectivity index is 1.69. The average molecular weight is 311 g/mol. The zero-order valence-electron chi connectivity index (χ0n) is 12.7. The highest BCUT2D eigenvalue weighted by atomic mass is 19.1. The van der Waals surface area contributed by atoms with E-state index in [-0.39, 0.29) is 35.8 Å². The smallest absolute Gasteiger partial charge is 0.239 e. The highest BCUT2D eigenvalue weighted by Gasteiger charge is 2.51. The summed E-state index contributed by atoms with van der Waals surface area (Å²) < 4.78 is 13.2. The van der Waals surface area contributed by atoms with Gasteiger partial charge in [-0.05, 0) is 30.2 Å². The Hall–Kier alpha value is -2.24. The predicted molar refractivity (Wildman–Crippen MR) is 84.8 cm³/mol. The normalized spacial score (nSPS) is 29.4. The van der Waals surface area contributed by atoms with Crippen molar-refractivity contribution in [3.05, 3.63) is 71.0 Å². The molecule has 2 aliphatic heterocycles. The van der Waals surface area contributed by atoms with E-state index in [1.54, 1.807) is 12.1 Å². The van der Waals surface area contributed by atoms with Gasteiger partial charge < -0.3 is 5.32 Å². The second-order valence-corrected chi connectivity index (χ2v) is 6.27. The van der Waals surface area contributed by atoms with E-state index in [4.69, 9.17) is 0 Å². The molecule has 4 atom stereocenters. The van der Waals surface area contributed by atoms with Gasteiger partial charge in [0.05, 0.1) is 12.1 Å². The lowest BCUT2D eigenvalue weighted by Gasteiger charge is -2.24. The molecule has 23 heavy (non-hydrogen) atoms. The summed E-state index contributed by atoms with van der Waals surface area (Å²) in [5, 5.41) is 3.04. The van der Waals surface area contributed by atoms with Crippen LogP contribution >= 0.6 is 0 Å². The molecule has 0 radical (unpaired) electrons. The molecule has 4 rings (SSSR count). The quantitative estimate of drug-likeness (QED) is 0.796. The number of amides is 1. The van der Waals surface area contributed by atoms with Crippen LogP contribution in [-0.2, 0) is 4.79 Å². The third kappa shape index (κ3) is 2.42. The fourth-order valence-corrected chi connectivity index (χ4v) is 3.58. The Morgan fingerprint density at radius 2 is 1.39 bits per heavy atom. The molecule has 0 aliphatic carbocycles. The van der Waals surface area contributed by atoms with Crippen LogP contribution in [0.25, 0.3) is 0 Å². The number of rotatable bonds is 2. The first kappa shape index (κ1) is 14.4. The summed E-state index contributed by atoms with van der Waals surface area (Å²) in [6, 6.07) is 14.3. The summed E-state index contributed by atoms with van der Waals surface area (Å²) in [4.78, 5) is 12.2. The monoisotopic (exact) mass is 311 g/mol. The van der Waals surface area contributed by atoms with Crippen LogP contribution in [0.4, 0.5) is 4.39 Å². The molecule has 0 saturated carbocycles. The second kappa shape index (κ2) is 5.44. The Bertz CT molecular complexity index is 729. The van der Waals surface area contributed by atoms with Gasteiger partial charge in [0.25, 0.3) is 0 Å². The summed E-state index contributed by atoms with van der Waals surface area (Å²) in [7, 11) is 0. The molecule has 3 N–H and O–H groups in total. The van der Waals surface area contributed by atoms with Gasteiger partial charge in [-0.25, -0.2) is 15.2 Å². The topological polar surface area (TPSA) is 53.2 Å². The second-order valence-electron chi connectivity index (χ2n) is 6.27. The summed E-state index contributed by atoms with van der Waals surface area (Å²) in [6.45, 7) is 2.05. The molecular formula is C18H18FN3O. The van der Waals surface area contributed by atoms with Crippen LogP contribution in [0.3, 0.4) is 0 Å². The SMILES string of the molecule is Cc1ccc(C2NNC3C(=O)NC(c4ccc(F)cc4)C32)cc1. The number of fused-ring (bicyclic) bond motifs is 1. The van der Waals surface area contributed by atoms with Gasteiger partial charge in [0.1, 0.15) is 11.9 Å². The molecule has 4 unspecified atom stereocenters. The lowest BCUT2D eigenvalue weighted by Crippen LogP contribution is -2.39. The third-order valence-corrected chi connectivity index (χ3v) is 4.79. The largest absolute Gasteiger partial charge is 0.347 e. The van der Waals surface area contributed by atoms with Crippen molar-refractivity contribution in [3.63, 3.8) is 0 Å². The lowest BCUT2D eigenvalue weighted by atomic mass is 9.83. The van der Waals surface area contributed by atoms with Crippen molar-refractivity contribution < 1.29 is 9.18 Å². The minimum absolute atomic E-state index is 0.0218. The predicted octanol–water partition coefficient (Wildman–Crippen LogP) is 2.14. The number of hydrazine groups is 1. The van der Waals surface area contributed by atoms with Gasteiger partial charge in [-0.2, -0.15) is 0 Å². The summed E-state index contributed by atoms with van der Waals surface area (Å²) in [5.74, 6) is -0.255. The maximum absolute atomic E-state index is 13.2. The number of halogens is 1. The highest BCUT2D eigenvalue weighted by Crippen LogP contribution is 2.42. The zero-order valence-corrected chi connectivity index (χ0v) is 12.7. The molecular weight excluding hydrogens is 293 g/mol. The van der Waals surface area contributed by atoms with E-state index in [2.05, 4.69) is 47.4 Å². The van der Waals surface area contributed by atoms with Crippen LogP contribution in [0.2, 0.25) is 0 Å². The van der Waals surface area contributed by atoms with E-state index < -0.39 is 0 Å². The number of nitrogens with one attached hydrogen (secondary N) is 3. The minimum atomic E-state index is -0.281. The Labute approximate surface area is 134 Å². The van der Waals surface area contributed by atoms with E-state index in [0.717, 1.165) is 11.1 Å². The number of benzene rings is 2. The first-order valence-corrected chi connectivity index (χ1v) is 7.77. The summed E-state index contributed by atoms with van der Waals surface area (Å²) in [6.07, 6.45) is 0. The summed E-state index contributed by atoms with van der Waals surface area (Å²) >= 11 is 0. The van der Waals surface area contributed by atoms with Crippen LogP contribution in [-0.4, -0.2) is 11.9 Å². The fourth-order valence-electron chi connectivity index (χ4n) is 3.58. The van der Waals surface area contributed by atoms with Crippen molar-refractivity contribution in [2.45, 2.75) is 25.0 Å². The molecule has 1 amide bonds. The van der Waals surface area contributed by atoms with Gasteiger partial charge in [0.2, 0.25) is 5.91 Å². The third-order valence-electron chi connectivity index (χ3n) is 4.79. The molecule has 2 saturated heterocycles. The Kier molecular flexibility index (Phi) is 3.39. The molecule has 5 heteroatoms. The van der Waals surface area contributed by atoms with Crippen molar-refractivity contribution >= 4 is 5.91 Å². The molecule has 2 aliphatic rings. The average Bonchev–Trinajstić information content (AvgIpc) is 3.11. The van der Waals surface area contributed by atoms with Gasteiger partial charge in [-0.15, -0.1) is 0 Å². The highest BCUT2D eigenvalue weighted by molar-refractivity contribution is 5.86. The molecule has 2 heterocycles. The van der Waals surface area contributed by atoms with E-state index in [1.807, 2.05) is 0 Å². The molecule has 0 spiro atoms. The van der Waals surface area contributed by atoms with Crippen LogP contribution in [0.15, 0.2) is 48.5 Å². The molecule has 118 valence electrons. The summed E-state index contributed by atoms with van der Waals surface area (Å²) in [5.41, 5.74) is 9.62. The molecule has 2 aromatic rings. The molecule has 0 bridgehead atoms. The van der Waals surface area contributed by atoms with Crippen molar-refractivity contribution in [1.29, 1.82) is 0 Å². The van der Waals surface area contributed by atoms with Crippen LogP contribution in [0.1, 0.15) is 28.8 Å².